The van der Waals surface area contributed by atoms with E-state index < -0.39 is 17.7 Å². The Kier molecular flexibility index (Phi) is 7.32. The number of nitrogens with zero attached hydrogens (tertiary/aromatic N) is 2. The summed E-state index contributed by atoms with van der Waals surface area (Å²) in [6, 6.07) is 19.6. The minimum atomic E-state index is -0.819. The van der Waals surface area contributed by atoms with Gasteiger partial charge in [-0.3, -0.25) is 14.5 Å². The molecule has 2 aliphatic rings. The maximum Gasteiger partial charge on any atom is 0.300 e. The van der Waals surface area contributed by atoms with Crippen LogP contribution in [-0.4, -0.2) is 43.6 Å². The largest absolute Gasteiger partial charge is 0.507 e. The fourth-order valence-electron chi connectivity index (χ4n) is 5.18. The number of benzene rings is 3. The molecule has 2 heterocycles. The first kappa shape index (κ1) is 27.3. The molecular weight excluding hydrogens is 504 g/mol. The van der Waals surface area contributed by atoms with Crippen LogP contribution in [0, 0.1) is 0 Å². The van der Waals surface area contributed by atoms with Crippen molar-refractivity contribution in [2.45, 2.75) is 45.6 Å². The summed E-state index contributed by atoms with van der Waals surface area (Å²) in [5.74, 6) is -0.321. The summed E-state index contributed by atoms with van der Waals surface area (Å²) < 4.78 is 11.6. The van der Waals surface area contributed by atoms with Gasteiger partial charge in [-0.2, -0.15) is 0 Å². The average Bonchev–Trinajstić information content (AvgIpc) is 3.21. The molecule has 0 aliphatic carbocycles. The first-order valence-corrected chi connectivity index (χ1v) is 13.7. The predicted molar refractivity (Wildman–Crippen MR) is 157 cm³/mol. The molecule has 208 valence electrons. The van der Waals surface area contributed by atoms with Gasteiger partial charge in [0, 0.05) is 24.4 Å². The highest BCUT2D eigenvalue weighted by Crippen LogP contribution is 2.44. The van der Waals surface area contributed by atoms with Gasteiger partial charge < -0.3 is 19.5 Å². The number of ketones is 1. The zero-order valence-electron chi connectivity index (χ0n) is 23.7. The SMILES string of the molecule is CCCOc1cccc(N2C(=O)C(=O)/C(=C(\O)c3ccc4c(c3)N(C)CCO4)C2c2ccc(C(C)(C)C)cc2)c1. The molecule has 7 heteroatoms. The number of likely N-dealkylation sites (N-methyl/N-ethyl adjacent to an activating group) is 1. The molecule has 0 saturated carbocycles. The van der Waals surface area contributed by atoms with Crippen molar-refractivity contribution in [1.82, 2.24) is 0 Å². The molecule has 7 nitrogen and oxygen atoms in total. The molecule has 1 saturated heterocycles. The molecule has 0 bridgehead atoms. The van der Waals surface area contributed by atoms with E-state index in [2.05, 4.69) is 20.8 Å². The number of aliphatic hydroxyl groups is 1. The van der Waals surface area contributed by atoms with E-state index in [4.69, 9.17) is 9.47 Å². The maximum absolute atomic E-state index is 13.6. The number of fused-ring (bicyclic) bond motifs is 1. The van der Waals surface area contributed by atoms with Crippen LogP contribution >= 0.6 is 0 Å². The van der Waals surface area contributed by atoms with Crippen LogP contribution in [0.3, 0.4) is 0 Å². The second-order valence-electron chi connectivity index (χ2n) is 11.3. The van der Waals surface area contributed by atoms with Gasteiger partial charge in [-0.1, -0.05) is 58.0 Å². The van der Waals surface area contributed by atoms with E-state index in [1.165, 1.54) is 4.90 Å². The van der Waals surface area contributed by atoms with Crippen LogP contribution in [0.1, 0.15) is 56.8 Å². The minimum absolute atomic E-state index is 0.0488. The van der Waals surface area contributed by atoms with Gasteiger partial charge in [0.25, 0.3) is 11.7 Å². The third-order valence-corrected chi connectivity index (χ3v) is 7.43. The average molecular weight is 541 g/mol. The summed E-state index contributed by atoms with van der Waals surface area (Å²) in [6.45, 7) is 10.2. The van der Waals surface area contributed by atoms with Crippen LogP contribution < -0.4 is 19.3 Å². The number of ether oxygens (including phenoxy) is 2. The first-order chi connectivity index (χ1) is 19.1. The predicted octanol–water partition coefficient (Wildman–Crippen LogP) is 6.23. The van der Waals surface area contributed by atoms with Gasteiger partial charge in [0.2, 0.25) is 0 Å². The van der Waals surface area contributed by atoms with Crippen molar-refractivity contribution in [3.63, 3.8) is 0 Å². The number of hydrogen-bond donors (Lipinski definition) is 1. The highest BCUT2D eigenvalue weighted by molar-refractivity contribution is 6.51. The van der Waals surface area contributed by atoms with Crippen LogP contribution in [0.4, 0.5) is 11.4 Å². The Labute approximate surface area is 235 Å². The molecular formula is C33H36N2O5. The molecule has 1 N–H and O–H groups in total. The molecule has 1 atom stereocenters. The zero-order chi connectivity index (χ0) is 28.6. The Morgan fingerprint density at radius 3 is 2.50 bits per heavy atom. The number of aliphatic hydroxyl groups excluding tert-OH is 1. The fourth-order valence-corrected chi connectivity index (χ4v) is 5.18. The molecule has 0 spiro atoms. The summed E-state index contributed by atoms with van der Waals surface area (Å²) in [4.78, 5) is 30.8. The molecule has 3 aromatic rings. The van der Waals surface area contributed by atoms with E-state index in [1.807, 2.05) is 49.2 Å². The second kappa shape index (κ2) is 10.7. The van der Waals surface area contributed by atoms with Crippen LogP contribution in [-0.2, 0) is 15.0 Å². The van der Waals surface area contributed by atoms with Crippen molar-refractivity contribution in [3.8, 4) is 11.5 Å². The van der Waals surface area contributed by atoms with Crippen molar-refractivity contribution in [1.29, 1.82) is 0 Å². The van der Waals surface area contributed by atoms with Gasteiger partial charge in [-0.15, -0.1) is 0 Å². The van der Waals surface area contributed by atoms with Crippen LogP contribution in [0.2, 0.25) is 0 Å². The van der Waals surface area contributed by atoms with Crippen molar-refractivity contribution in [2.75, 3.05) is 36.6 Å². The summed E-state index contributed by atoms with van der Waals surface area (Å²) in [6.07, 6.45) is 0.843. The van der Waals surface area contributed by atoms with E-state index in [9.17, 15) is 14.7 Å². The molecule has 3 aromatic carbocycles. The van der Waals surface area contributed by atoms with Gasteiger partial charge in [-0.25, -0.2) is 0 Å². The highest BCUT2D eigenvalue weighted by atomic mass is 16.5. The number of carbonyl (C=O) groups is 2. The molecule has 1 unspecified atom stereocenters. The lowest BCUT2D eigenvalue weighted by Gasteiger charge is -2.28. The maximum atomic E-state index is 13.6. The summed E-state index contributed by atoms with van der Waals surface area (Å²) >= 11 is 0. The summed E-state index contributed by atoms with van der Waals surface area (Å²) in [7, 11) is 1.95. The Morgan fingerprint density at radius 1 is 1.05 bits per heavy atom. The Hall–Kier alpha value is -4.26. The second-order valence-corrected chi connectivity index (χ2v) is 11.3. The van der Waals surface area contributed by atoms with Gasteiger partial charge in [-0.05, 0) is 53.3 Å². The molecule has 1 fully saturated rings. The normalized spacial score (nSPS) is 18.5. The van der Waals surface area contributed by atoms with Crippen LogP contribution in [0.25, 0.3) is 5.76 Å². The molecule has 2 aliphatic heterocycles. The number of carbonyl (C=O) groups excluding carboxylic acids is 2. The molecule has 40 heavy (non-hydrogen) atoms. The smallest absolute Gasteiger partial charge is 0.300 e. The molecule has 0 radical (unpaired) electrons. The van der Waals surface area contributed by atoms with Crippen molar-refractivity contribution >= 4 is 28.8 Å². The lowest BCUT2D eigenvalue weighted by molar-refractivity contribution is -0.132. The van der Waals surface area contributed by atoms with Gasteiger partial charge >= 0.3 is 0 Å². The van der Waals surface area contributed by atoms with E-state index in [0.29, 0.717) is 42.5 Å². The summed E-state index contributed by atoms with van der Waals surface area (Å²) in [5, 5.41) is 11.6. The van der Waals surface area contributed by atoms with Crippen molar-refractivity contribution in [2.24, 2.45) is 0 Å². The molecule has 5 rings (SSSR count). The van der Waals surface area contributed by atoms with Gasteiger partial charge in [0.05, 0.1) is 30.5 Å². The van der Waals surface area contributed by atoms with Crippen LogP contribution in [0.15, 0.2) is 72.3 Å². The van der Waals surface area contributed by atoms with Gasteiger partial charge in [0.15, 0.2) is 0 Å². The van der Waals surface area contributed by atoms with E-state index >= 15 is 0 Å². The topological polar surface area (TPSA) is 79.3 Å². The Morgan fingerprint density at radius 2 is 1.80 bits per heavy atom. The third-order valence-electron chi connectivity index (χ3n) is 7.43. The lowest BCUT2D eigenvalue weighted by atomic mass is 9.85. The fraction of sp³-hybridized carbons (Fsp3) is 0.333. The number of Topliss-reactive ketones (excluding diaryl/α,β-unsaturated/α-hetero) is 1. The first-order valence-electron chi connectivity index (χ1n) is 13.7. The monoisotopic (exact) mass is 540 g/mol. The van der Waals surface area contributed by atoms with Gasteiger partial charge in [0.1, 0.15) is 23.9 Å². The number of anilines is 2. The molecule has 0 aromatic heterocycles. The van der Waals surface area contributed by atoms with Crippen molar-refractivity contribution < 1.29 is 24.2 Å². The lowest BCUT2D eigenvalue weighted by Crippen LogP contribution is -2.29. The Bertz CT molecular complexity index is 1470. The summed E-state index contributed by atoms with van der Waals surface area (Å²) in [5.41, 5.74) is 3.63. The number of hydrogen-bond acceptors (Lipinski definition) is 6. The minimum Gasteiger partial charge on any atom is -0.507 e. The van der Waals surface area contributed by atoms with E-state index in [1.54, 1.807) is 36.4 Å². The third kappa shape index (κ3) is 5.04. The number of rotatable bonds is 6. The molecule has 1 amide bonds. The quantitative estimate of drug-likeness (QED) is 0.227. The van der Waals surface area contributed by atoms with E-state index in [0.717, 1.165) is 23.2 Å². The number of amides is 1. The van der Waals surface area contributed by atoms with Crippen LogP contribution in [0.5, 0.6) is 11.5 Å². The van der Waals surface area contributed by atoms with E-state index in [-0.39, 0.29) is 16.7 Å². The van der Waals surface area contributed by atoms with Crippen molar-refractivity contribution in [3.05, 3.63) is 89.0 Å². The highest BCUT2D eigenvalue weighted by Gasteiger charge is 2.47. The standard InChI is InChI=1S/C33H36N2O5/c1-6-17-39-25-9-7-8-24(20-25)35-29(21-10-13-23(14-11-21)33(2,3)4)28(31(37)32(35)38)30(36)22-12-15-27-26(19-22)34(5)16-18-40-27/h7-15,19-20,29,36H,6,16-18H2,1-5H3/b30-28-. The zero-order valence-corrected chi connectivity index (χ0v) is 23.7. The Balaban J connectivity index is 1.66.